The van der Waals surface area contributed by atoms with Crippen LogP contribution in [0.1, 0.15) is 0 Å². The summed E-state index contributed by atoms with van der Waals surface area (Å²) in [6.07, 6.45) is 0. The second-order valence-electron chi connectivity index (χ2n) is 5.36. The number of rotatable bonds is 7. The Morgan fingerprint density at radius 1 is 1.33 bits per heavy atom. The summed E-state index contributed by atoms with van der Waals surface area (Å²) in [4.78, 5) is 4.24. The molecule has 0 unspecified atom stereocenters. The van der Waals surface area contributed by atoms with Gasteiger partial charge < -0.3 is 14.8 Å². The van der Waals surface area contributed by atoms with Crippen LogP contribution < -0.4 is 10.1 Å². The van der Waals surface area contributed by atoms with Crippen molar-refractivity contribution in [1.82, 2.24) is 9.80 Å². The SMILES string of the molecule is CN(C)CNc1cc(OCCN2CCOCC2)ccc1F. The second kappa shape index (κ2) is 8.17. The third kappa shape index (κ3) is 5.49. The van der Waals surface area contributed by atoms with Crippen molar-refractivity contribution >= 4 is 5.69 Å². The monoisotopic (exact) mass is 297 g/mol. The van der Waals surface area contributed by atoms with E-state index >= 15 is 0 Å². The molecule has 0 atom stereocenters. The minimum atomic E-state index is -0.266. The Kier molecular flexibility index (Phi) is 6.22. The molecule has 0 spiro atoms. The molecule has 0 radical (unpaired) electrons. The molecule has 0 amide bonds. The molecule has 0 aromatic heterocycles. The first-order valence-electron chi connectivity index (χ1n) is 7.26. The smallest absolute Gasteiger partial charge is 0.146 e. The number of morpholine rings is 1. The third-order valence-electron chi connectivity index (χ3n) is 3.30. The molecule has 1 heterocycles. The van der Waals surface area contributed by atoms with E-state index in [9.17, 15) is 4.39 Å². The standard InChI is InChI=1S/C15H24FN3O2/c1-18(2)12-17-15-11-13(3-4-14(15)16)21-10-7-19-5-8-20-9-6-19/h3-4,11,17H,5-10,12H2,1-2H3. The molecule has 0 aliphatic carbocycles. The van der Waals surface area contributed by atoms with E-state index in [0.717, 1.165) is 32.8 Å². The minimum Gasteiger partial charge on any atom is -0.492 e. The summed E-state index contributed by atoms with van der Waals surface area (Å²) in [6.45, 7) is 5.50. The first kappa shape index (κ1) is 16.0. The van der Waals surface area contributed by atoms with E-state index in [1.165, 1.54) is 6.07 Å². The van der Waals surface area contributed by atoms with Crippen LogP contribution in [0, 0.1) is 5.82 Å². The largest absolute Gasteiger partial charge is 0.492 e. The molecular weight excluding hydrogens is 273 g/mol. The predicted octanol–water partition coefficient (Wildman–Crippen LogP) is 1.47. The van der Waals surface area contributed by atoms with Crippen LogP contribution in [0.3, 0.4) is 0 Å². The number of halogens is 1. The van der Waals surface area contributed by atoms with Crippen LogP contribution in [0.4, 0.5) is 10.1 Å². The number of benzene rings is 1. The number of ether oxygens (including phenoxy) is 2. The lowest BCUT2D eigenvalue weighted by molar-refractivity contribution is 0.0322. The fourth-order valence-corrected chi connectivity index (χ4v) is 2.09. The highest BCUT2D eigenvalue weighted by Crippen LogP contribution is 2.21. The summed E-state index contributed by atoms with van der Waals surface area (Å²) < 4.78 is 24.7. The van der Waals surface area contributed by atoms with E-state index < -0.39 is 0 Å². The Bertz CT molecular complexity index is 437. The lowest BCUT2D eigenvalue weighted by Gasteiger charge is -2.26. The molecule has 21 heavy (non-hydrogen) atoms. The van der Waals surface area contributed by atoms with Crippen LogP contribution in [0.2, 0.25) is 0 Å². The molecule has 2 rings (SSSR count). The van der Waals surface area contributed by atoms with Gasteiger partial charge in [-0.2, -0.15) is 0 Å². The highest BCUT2D eigenvalue weighted by atomic mass is 19.1. The van der Waals surface area contributed by atoms with Gasteiger partial charge in [-0.25, -0.2) is 4.39 Å². The van der Waals surface area contributed by atoms with Gasteiger partial charge in [-0.3, -0.25) is 9.80 Å². The molecule has 0 saturated carbocycles. The quantitative estimate of drug-likeness (QED) is 0.771. The molecule has 1 saturated heterocycles. The van der Waals surface area contributed by atoms with Gasteiger partial charge in [-0.05, 0) is 26.2 Å². The van der Waals surface area contributed by atoms with Crippen molar-refractivity contribution in [3.8, 4) is 5.75 Å². The average molecular weight is 297 g/mol. The third-order valence-corrected chi connectivity index (χ3v) is 3.30. The van der Waals surface area contributed by atoms with E-state index in [2.05, 4.69) is 10.2 Å². The van der Waals surface area contributed by atoms with E-state index in [1.807, 2.05) is 19.0 Å². The summed E-state index contributed by atoms with van der Waals surface area (Å²) in [5.74, 6) is 0.420. The van der Waals surface area contributed by atoms with Gasteiger partial charge in [0.15, 0.2) is 0 Å². The second-order valence-corrected chi connectivity index (χ2v) is 5.36. The lowest BCUT2D eigenvalue weighted by atomic mass is 10.3. The molecule has 1 aliphatic rings. The zero-order valence-electron chi connectivity index (χ0n) is 12.8. The highest BCUT2D eigenvalue weighted by Gasteiger charge is 2.10. The van der Waals surface area contributed by atoms with Crippen LogP contribution in [0.15, 0.2) is 18.2 Å². The molecular formula is C15H24FN3O2. The summed E-state index contributed by atoms with van der Waals surface area (Å²) in [6, 6.07) is 4.80. The number of hydrogen-bond acceptors (Lipinski definition) is 5. The molecule has 1 N–H and O–H groups in total. The van der Waals surface area contributed by atoms with Crippen LogP contribution in [0.25, 0.3) is 0 Å². The van der Waals surface area contributed by atoms with Gasteiger partial charge in [0.2, 0.25) is 0 Å². The molecule has 1 fully saturated rings. The maximum Gasteiger partial charge on any atom is 0.146 e. The van der Waals surface area contributed by atoms with E-state index in [0.29, 0.717) is 24.7 Å². The maximum atomic E-state index is 13.7. The molecule has 1 aliphatic heterocycles. The van der Waals surface area contributed by atoms with Crippen molar-refractivity contribution in [3.05, 3.63) is 24.0 Å². The number of nitrogens with zero attached hydrogens (tertiary/aromatic N) is 2. The summed E-state index contributed by atoms with van der Waals surface area (Å²) >= 11 is 0. The summed E-state index contributed by atoms with van der Waals surface area (Å²) in [5, 5.41) is 3.04. The predicted molar refractivity (Wildman–Crippen MR) is 81.3 cm³/mol. The first-order valence-corrected chi connectivity index (χ1v) is 7.26. The van der Waals surface area contributed by atoms with Crippen LogP contribution in [0.5, 0.6) is 5.75 Å². The molecule has 118 valence electrons. The Morgan fingerprint density at radius 2 is 2.10 bits per heavy atom. The molecule has 5 nitrogen and oxygen atoms in total. The van der Waals surface area contributed by atoms with Crippen molar-refractivity contribution in [3.63, 3.8) is 0 Å². The topological polar surface area (TPSA) is 37.0 Å². The average Bonchev–Trinajstić information content (AvgIpc) is 2.48. The van der Waals surface area contributed by atoms with Crippen molar-refractivity contribution in [2.75, 3.05) is 65.5 Å². The Balaban J connectivity index is 1.80. The molecule has 1 aromatic carbocycles. The van der Waals surface area contributed by atoms with Gasteiger partial charge in [-0.1, -0.05) is 0 Å². The van der Waals surface area contributed by atoms with Crippen molar-refractivity contribution in [2.24, 2.45) is 0 Å². The zero-order valence-corrected chi connectivity index (χ0v) is 12.8. The fourth-order valence-electron chi connectivity index (χ4n) is 2.09. The van der Waals surface area contributed by atoms with Gasteiger partial charge in [0, 0.05) is 25.7 Å². The van der Waals surface area contributed by atoms with Gasteiger partial charge in [0.25, 0.3) is 0 Å². The summed E-state index contributed by atoms with van der Waals surface area (Å²) in [7, 11) is 3.85. The van der Waals surface area contributed by atoms with Crippen LogP contribution >= 0.6 is 0 Å². The van der Waals surface area contributed by atoms with E-state index in [1.54, 1.807) is 12.1 Å². The Labute approximate surface area is 125 Å². The van der Waals surface area contributed by atoms with E-state index in [-0.39, 0.29) is 5.82 Å². The Morgan fingerprint density at radius 3 is 2.81 bits per heavy atom. The highest BCUT2D eigenvalue weighted by molar-refractivity contribution is 5.49. The number of nitrogens with one attached hydrogen (secondary N) is 1. The maximum absolute atomic E-state index is 13.7. The van der Waals surface area contributed by atoms with Crippen molar-refractivity contribution < 1.29 is 13.9 Å². The van der Waals surface area contributed by atoms with Crippen molar-refractivity contribution in [1.29, 1.82) is 0 Å². The van der Waals surface area contributed by atoms with Gasteiger partial charge >= 0.3 is 0 Å². The lowest BCUT2D eigenvalue weighted by Crippen LogP contribution is -2.38. The van der Waals surface area contributed by atoms with Crippen LogP contribution in [-0.2, 0) is 4.74 Å². The van der Waals surface area contributed by atoms with Gasteiger partial charge in [-0.15, -0.1) is 0 Å². The molecule has 6 heteroatoms. The normalized spacial score (nSPS) is 16.2. The Hall–Kier alpha value is -1.37. The summed E-state index contributed by atoms with van der Waals surface area (Å²) in [5.41, 5.74) is 0.465. The van der Waals surface area contributed by atoms with Gasteiger partial charge in [0.05, 0.1) is 25.6 Å². The zero-order chi connectivity index (χ0) is 15.1. The van der Waals surface area contributed by atoms with Gasteiger partial charge in [0.1, 0.15) is 18.2 Å². The first-order chi connectivity index (χ1) is 10.1. The van der Waals surface area contributed by atoms with E-state index in [4.69, 9.17) is 9.47 Å². The molecule has 0 bridgehead atoms. The van der Waals surface area contributed by atoms with Crippen molar-refractivity contribution in [2.45, 2.75) is 0 Å². The minimum absolute atomic E-state index is 0.266. The van der Waals surface area contributed by atoms with Crippen LogP contribution in [-0.4, -0.2) is 70.0 Å². The number of hydrogen-bond donors (Lipinski definition) is 1. The number of anilines is 1. The fraction of sp³-hybridized carbons (Fsp3) is 0.600. The molecule has 1 aromatic rings.